The first kappa shape index (κ1) is 20.2. The number of hydrogen-bond donors (Lipinski definition) is 2. The number of likely N-dealkylation sites (N-methyl/N-ethyl adjacent to an activating group) is 2. The number of benzene rings is 2. The van der Waals surface area contributed by atoms with E-state index < -0.39 is 24.0 Å². The molecule has 2 unspecified atom stereocenters. The Labute approximate surface area is 158 Å². The first-order chi connectivity index (χ1) is 12.8. The van der Waals surface area contributed by atoms with E-state index in [-0.39, 0.29) is 0 Å². The minimum absolute atomic E-state index is 0.467. The summed E-state index contributed by atoms with van der Waals surface area (Å²) in [5.74, 6) is 4.48. The predicted octanol–water partition coefficient (Wildman–Crippen LogP) is 0.859. The summed E-state index contributed by atoms with van der Waals surface area (Å²) in [6.45, 7) is 0. The van der Waals surface area contributed by atoms with E-state index in [0.29, 0.717) is 11.3 Å². The van der Waals surface area contributed by atoms with Crippen LogP contribution in [0.3, 0.4) is 0 Å². The van der Waals surface area contributed by atoms with Crippen LogP contribution in [0, 0.1) is 11.8 Å². The molecule has 2 aromatic rings. The van der Waals surface area contributed by atoms with Crippen LogP contribution in [-0.4, -0.2) is 60.3 Å². The Morgan fingerprint density at radius 2 is 1.37 bits per heavy atom. The standard InChI is InChI=1S/C21H22N2O4/c1-22(2)20(26)18(24)19(25)21(27)23(3)17-12-8-7-11-16(17)14-13-15-9-5-4-6-10-15/h4-12,18-19,24-25H,1-3H3. The lowest BCUT2D eigenvalue weighted by molar-refractivity contribution is -0.149. The Bertz CT molecular complexity index is 868. The third-order valence-electron chi connectivity index (χ3n) is 3.96. The van der Waals surface area contributed by atoms with Gasteiger partial charge in [-0.05, 0) is 24.3 Å². The van der Waals surface area contributed by atoms with Gasteiger partial charge in [0.15, 0.2) is 12.2 Å². The van der Waals surface area contributed by atoms with Gasteiger partial charge in [0.1, 0.15) is 0 Å². The Kier molecular flexibility index (Phi) is 6.72. The summed E-state index contributed by atoms with van der Waals surface area (Å²) in [7, 11) is 4.32. The number of nitrogens with zero attached hydrogens (tertiary/aromatic N) is 2. The predicted molar refractivity (Wildman–Crippen MR) is 103 cm³/mol. The molecular formula is C21H22N2O4. The summed E-state index contributed by atoms with van der Waals surface area (Å²) in [5.41, 5.74) is 1.88. The van der Waals surface area contributed by atoms with E-state index in [9.17, 15) is 19.8 Å². The fourth-order valence-electron chi connectivity index (χ4n) is 2.38. The zero-order valence-electron chi connectivity index (χ0n) is 15.5. The van der Waals surface area contributed by atoms with Gasteiger partial charge in [-0.2, -0.15) is 0 Å². The molecule has 0 fully saturated rings. The fourth-order valence-corrected chi connectivity index (χ4v) is 2.38. The van der Waals surface area contributed by atoms with Crippen molar-refractivity contribution < 1.29 is 19.8 Å². The Morgan fingerprint density at radius 1 is 0.815 bits per heavy atom. The smallest absolute Gasteiger partial charge is 0.258 e. The average Bonchev–Trinajstić information content (AvgIpc) is 2.70. The van der Waals surface area contributed by atoms with Crippen molar-refractivity contribution in [3.05, 3.63) is 65.7 Å². The molecule has 0 aliphatic rings. The summed E-state index contributed by atoms with van der Waals surface area (Å²) in [5, 5.41) is 20.0. The molecule has 0 aliphatic carbocycles. The first-order valence-electron chi connectivity index (χ1n) is 8.34. The third kappa shape index (κ3) is 4.94. The highest BCUT2D eigenvalue weighted by molar-refractivity contribution is 6.00. The number of aliphatic hydroxyl groups is 2. The van der Waals surface area contributed by atoms with Gasteiger partial charge in [-0.3, -0.25) is 9.59 Å². The van der Waals surface area contributed by atoms with Gasteiger partial charge in [-0.15, -0.1) is 0 Å². The van der Waals surface area contributed by atoms with E-state index in [2.05, 4.69) is 11.8 Å². The summed E-state index contributed by atoms with van der Waals surface area (Å²) < 4.78 is 0. The zero-order valence-corrected chi connectivity index (χ0v) is 15.5. The van der Waals surface area contributed by atoms with Crippen molar-refractivity contribution in [1.82, 2.24) is 4.90 Å². The molecule has 0 heterocycles. The van der Waals surface area contributed by atoms with Crippen LogP contribution in [0.2, 0.25) is 0 Å². The quantitative estimate of drug-likeness (QED) is 0.787. The maximum Gasteiger partial charge on any atom is 0.258 e. The van der Waals surface area contributed by atoms with E-state index in [1.807, 2.05) is 30.3 Å². The number of hydrogen-bond acceptors (Lipinski definition) is 4. The second kappa shape index (κ2) is 8.99. The van der Waals surface area contributed by atoms with Gasteiger partial charge in [0.2, 0.25) is 0 Å². The SMILES string of the molecule is CN(C)C(=O)C(O)C(O)C(=O)N(C)c1ccccc1C#Cc1ccccc1. The molecular weight excluding hydrogens is 344 g/mol. The molecule has 27 heavy (non-hydrogen) atoms. The molecule has 2 atom stereocenters. The van der Waals surface area contributed by atoms with Crippen LogP contribution in [0.5, 0.6) is 0 Å². The number of carbonyl (C=O) groups is 2. The molecule has 0 spiro atoms. The van der Waals surface area contributed by atoms with Crippen LogP contribution in [0.25, 0.3) is 0 Å². The second-order valence-electron chi connectivity index (χ2n) is 6.15. The molecule has 6 heteroatoms. The summed E-state index contributed by atoms with van der Waals surface area (Å²) in [6.07, 6.45) is -3.71. The van der Waals surface area contributed by atoms with Crippen molar-refractivity contribution in [2.75, 3.05) is 26.0 Å². The summed E-state index contributed by atoms with van der Waals surface area (Å²) in [4.78, 5) is 26.6. The molecule has 0 bridgehead atoms. The van der Waals surface area contributed by atoms with Crippen LogP contribution < -0.4 is 4.90 Å². The molecule has 0 saturated carbocycles. The Hall–Kier alpha value is -3.14. The highest BCUT2D eigenvalue weighted by atomic mass is 16.3. The molecule has 0 aromatic heterocycles. The molecule has 6 nitrogen and oxygen atoms in total. The van der Waals surface area contributed by atoms with Crippen molar-refractivity contribution >= 4 is 17.5 Å². The van der Waals surface area contributed by atoms with Crippen molar-refractivity contribution in [3.8, 4) is 11.8 Å². The molecule has 2 rings (SSSR count). The maximum atomic E-state index is 12.5. The van der Waals surface area contributed by atoms with Gasteiger partial charge >= 0.3 is 0 Å². The number of para-hydroxylation sites is 1. The highest BCUT2D eigenvalue weighted by Gasteiger charge is 2.33. The van der Waals surface area contributed by atoms with Crippen LogP contribution in [0.1, 0.15) is 11.1 Å². The molecule has 140 valence electrons. The van der Waals surface area contributed by atoms with Gasteiger partial charge < -0.3 is 20.0 Å². The van der Waals surface area contributed by atoms with Gasteiger partial charge in [0.05, 0.1) is 5.69 Å². The van der Waals surface area contributed by atoms with Crippen molar-refractivity contribution in [1.29, 1.82) is 0 Å². The van der Waals surface area contributed by atoms with Crippen molar-refractivity contribution in [2.24, 2.45) is 0 Å². The molecule has 2 N–H and O–H groups in total. The zero-order chi connectivity index (χ0) is 20.0. The minimum atomic E-state index is -1.87. The van der Waals surface area contributed by atoms with Crippen LogP contribution >= 0.6 is 0 Å². The van der Waals surface area contributed by atoms with Gasteiger partial charge in [-0.25, -0.2) is 0 Å². The highest BCUT2D eigenvalue weighted by Crippen LogP contribution is 2.20. The lowest BCUT2D eigenvalue weighted by Crippen LogP contribution is -2.49. The largest absolute Gasteiger partial charge is 0.380 e. The number of amides is 2. The molecule has 2 aromatic carbocycles. The molecule has 2 amide bonds. The molecule has 0 radical (unpaired) electrons. The summed E-state index contributed by atoms with van der Waals surface area (Å²) >= 11 is 0. The lowest BCUT2D eigenvalue weighted by atomic mass is 10.1. The Morgan fingerprint density at radius 3 is 2.00 bits per heavy atom. The van der Waals surface area contributed by atoms with E-state index >= 15 is 0 Å². The van der Waals surface area contributed by atoms with Crippen molar-refractivity contribution in [3.63, 3.8) is 0 Å². The lowest BCUT2D eigenvalue weighted by Gasteiger charge is -2.25. The van der Waals surface area contributed by atoms with Gasteiger partial charge in [0.25, 0.3) is 11.8 Å². The normalized spacial score (nSPS) is 12.3. The number of rotatable bonds is 4. The molecule has 0 aliphatic heterocycles. The second-order valence-corrected chi connectivity index (χ2v) is 6.15. The topological polar surface area (TPSA) is 81.1 Å². The van der Waals surface area contributed by atoms with Crippen LogP contribution in [-0.2, 0) is 9.59 Å². The molecule has 0 saturated heterocycles. The van der Waals surface area contributed by atoms with E-state index in [1.54, 1.807) is 24.3 Å². The number of anilines is 1. The van der Waals surface area contributed by atoms with Gasteiger partial charge in [0, 0.05) is 32.3 Å². The first-order valence-corrected chi connectivity index (χ1v) is 8.34. The maximum absolute atomic E-state index is 12.5. The van der Waals surface area contributed by atoms with Crippen LogP contribution in [0.4, 0.5) is 5.69 Å². The number of aliphatic hydroxyl groups excluding tert-OH is 2. The monoisotopic (exact) mass is 366 g/mol. The van der Waals surface area contributed by atoms with Gasteiger partial charge in [-0.1, -0.05) is 42.2 Å². The van der Waals surface area contributed by atoms with E-state index in [4.69, 9.17) is 0 Å². The average molecular weight is 366 g/mol. The third-order valence-corrected chi connectivity index (χ3v) is 3.96. The minimum Gasteiger partial charge on any atom is -0.380 e. The fraction of sp³-hybridized carbons (Fsp3) is 0.238. The number of carbonyl (C=O) groups excluding carboxylic acids is 2. The summed E-state index contributed by atoms with van der Waals surface area (Å²) in [6, 6.07) is 16.4. The van der Waals surface area contributed by atoms with E-state index in [1.165, 1.54) is 26.0 Å². The van der Waals surface area contributed by atoms with Crippen LogP contribution in [0.15, 0.2) is 54.6 Å². The van der Waals surface area contributed by atoms with E-state index in [0.717, 1.165) is 10.5 Å². The Balaban J connectivity index is 2.26. The van der Waals surface area contributed by atoms with Crippen molar-refractivity contribution in [2.45, 2.75) is 12.2 Å².